The van der Waals surface area contributed by atoms with Crippen molar-refractivity contribution in [3.63, 3.8) is 0 Å². The summed E-state index contributed by atoms with van der Waals surface area (Å²) in [5, 5.41) is 0. The minimum atomic E-state index is -0.260. The van der Waals surface area contributed by atoms with Crippen LogP contribution in [0.5, 0.6) is 11.5 Å². The van der Waals surface area contributed by atoms with Crippen molar-refractivity contribution < 1.29 is 13.9 Å². The van der Waals surface area contributed by atoms with Crippen molar-refractivity contribution in [1.82, 2.24) is 0 Å². The minimum absolute atomic E-state index is 0.222. The maximum atomic E-state index is 14.1. The Balaban J connectivity index is 1.94. The van der Waals surface area contributed by atoms with E-state index in [0.717, 1.165) is 16.2 Å². The van der Waals surface area contributed by atoms with E-state index >= 15 is 0 Å². The zero-order valence-electron chi connectivity index (χ0n) is 11.6. The van der Waals surface area contributed by atoms with Crippen molar-refractivity contribution in [1.29, 1.82) is 0 Å². The average Bonchev–Trinajstić information content (AvgIpc) is 2.49. The quantitative estimate of drug-likeness (QED) is 0.937. The molecule has 0 aliphatic carbocycles. The van der Waals surface area contributed by atoms with Gasteiger partial charge in [-0.2, -0.15) is 0 Å². The van der Waals surface area contributed by atoms with Gasteiger partial charge in [0.05, 0.1) is 4.90 Å². The Morgan fingerprint density at radius 3 is 2.67 bits per heavy atom. The van der Waals surface area contributed by atoms with E-state index in [2.05, 4.69) is 0 Å². The van der Waals surface area contributed by atoms with Crippen molar-refractivity contribution in [3.05, 3.63) is 47.8 Å². The molecule has 21 heavy (non-hydrogen) atoms. The second-order valence-corrected chi connectivity index (χ2v) is 5.94. The number of benzene rings is 2. The predicted octanol–water partition coefficient (Wildman–Crippen LogP) is 3.77. The van der Waals surface area contributed by atoms with Crippen LogP contribution in [0.25, 0.3) is 0 Å². The van der Waals surface area contributed by atoms with Gasteiger partial charge in [-0.05, 0) is 36.8 Å². The summed E-state index contributed by atoms with van der Waals surface area (Å²) >= 11 is 1.35. The lowest BCUT2D eigenvalue weighted by Gasteiger charge is -2.19. The summed E-state index contributed by atoms with van der Waals surface area (Å²) in [6.07, 6.45) is 0. The van der Waals surface area contributed by atoms with Crippen molar-refractivity contribution in [2.45, 2.75) is 22.8 Å². The van der Waals surface area contributed by atoms with Gasteiger partial charge in [-0.1, -0.05) is 23.9 Å². The van der Waals surface area contributed by atoms with Crippen molar-refractivity contribution in [3.8, 4) is 11.5 Å². The van der Waals surface area contributed by atoms with Gasteiger partial charge < -0.3 is 15.2 Å². The van der Waals surface area contributed by atoms with E-state index in [1.54, 1.807) is 6.07 Å². The van der Waals surface area contributed by atoms with Gasteiger partial charge in [0.25, 0.3) is 0 Å². The number of nitrogens with two attached hydrogens (primary N) is 1. The first-order valence-corrected chi connectivity index (χ1v) is 7.58. The van der Waals surface area contributed by atoms with Gasteiger partial charge in [0, 0.05) is 10.9 Å². The average molecular weight is 305 g/mol. The Kier molecular flexibility index (Phi) is 4.03. The number of fused-ring (bicyclic) bond motifs is 1. The summed E-state index contributed by atoms with van der Waals surface area (Å²) in [5.41, 5.74) is 6.72. The molecule has 5 heteroatoms. The zero-order chi connectivity index (χ0) is 14.8. The molecule has 0 amide bonds. The molecule has 0 saturated heterocycles. The Labute approximate surface area is 127 Å². The topological polar surface area (TPSA) is 44.5 Å². The van der Waals surface area contributed by atoms with Gasteiger partial charge in [-0.25, -0.2) is 4.39 Å². The number of hydrogen-bond acceptors (Lipinski definition) is 4. The molecule has 2 aromatic carbocycles. The third kappa shape index (κ3) is 2.99. The molecule has 0 saturated carbocycles. The van der Waals surface area contributed by atoms with E-state index < -0.39 is 0 Å². The normalized spacial score (nSPS) is 14.8. The Hall–Kier alpha value is -1.72. The van der Waals surface area contributed by atoms with Crippen LogP contribution in [-0.4, -0.2) is 13.2 Å². The van der Waals surface area contributed by atoms with Gasteiger partial charge in [0.15, 0.2) is 11.5 Å². The summed E-state index contributed by atoms with van der Waals surface area (Å²) < 4.78 is 25.1. The van der Waals surface area contributed by atoms with Crippen LogP contribution in [0.4, 0.5) is 4.39 Å². The highest BCUT2D eigenvalue weighted by Gasteiger charge is 2.16. The SMILES string of the molecule is C[C@H](N)c1cccc(F)c1Sc1ccc2c(c1)OCCO2. The second-order valence-electron chi connectivity index (χ2n) is 4.85. The molecule has 0 radical (unpaired) electrons. The van der Waals surface area contributed by atoms with Crippen LogP contribution < -0.4 is 15.2 Å². The molecule has 0 unspecified atom stereocenters. The van der Waals surface area contributed by atoms with Crippen LogP contribution in [0.2, 0.25) is 0 Å². The van der Waals surface area contributed by atoms with Crippen molar-refractivity contribution in [2.24, 2.45) is 5.73 Å². The molecule has 1 atom stereocenters. The third-order valence-electron chi connectivity index (χ3n) is 3.22. The molecule has 0 fully saturated rings. The Bertz CT molecular complexity index is 661. The van der Waals surface area contributed by atoms with Crippen LogP contribution in [0.15, 0.2) is 46.2 Å². The molecule has 0 bridgehead atoms. The molecular formula is C16H16FNO2S. The van der Waals surface area contributed by atoms with E-state index in [1.807, 2.05) is 31.2 Å². The number of rotatable bonds is 3. The lowest BCUT2D eigenvalue weighted by atomic mass is 10.1. The molecule has 1 heterocycles. The predicted molar refractivity (Wildman–Crippen MR) is 80.6 cm³/mol. The lowest BCUT2D eigenvalue weighted by molar-refractivity contribution is 0.171. The van der Waals surface area contributed by atoms with Gasteiger partial charge in [-0.15, -0.1) is 0 Å². The first-order chi connectivity index (χ1) is 10.1. The van der Waals surface area contributed by atoms with Crippen molar-refractivity contribution in [2.75, 3.05) is 13.2 Å². The molecule has 1 aliphatic heterocycles. The maximum Gasteiger partial charge on any atom is 0.162 e. The standard InChI is InChI=1S/C16H16FNO2S/c1-10(18)12-3-2-4-13(17)16(12)21-11-5-6-14-15(9-11)20-8-7-19-14/h2-6,9-10H,7-8,18H2,1H3/t10-/m0/s1. The number of hydrogen-bond donors (Lipinski definition) is 1. The monoisotopic (exact) mass is 305 g/mol. The van der Waals surface area contributed by atoms with Gasteiger partial charge in [-0.3, -0.25) is 0 Å². The minimum Gasteiger partial charge on any atom is -0.486 e. The highest BCUT2D eigenvalue weighted by Crippen LogP contribution is 2.39. The molecule has 110 valence electrons. The van der Waals surface area contributed by atoms with Gasteiger partial charge >= 0.3 is 0 Å². The molecule has 0 aromatic heterocycles. The van der Waals surface area contributed by atoms with Crippen LogP contribution in [0.3, 0.4) is 0 Å². The van der Waals surface area contributed by atoms with E-state index in [-0.39, 0.29) is 11.9 Å². The van der Waals surface area contributed by atoms with Crippen LogP contribution in [-0.2, 0) is 0 Å². The largest absolute Gasteiger partial charge is 0.486 e. The first-order valence-electron chi connectivity index (χ1n) is 6.76. The van der Waals surface area contributed by atoms with E-state index in [1.165, 1.54) is 17.8 Å². The molecule has 2 aromatic rings. The highest BCUT2D eigenvalue weighted by atomic mass is 32.2. The molecule has 3 nitrogen and oxygen atoms in total. The molecule has 1 aliphatic rings. The molecule has 2 N–H and O–H groups in total. The zero-order valence-corrected chi connectivity index (χ0v) is 12.5. The maximum absolute atomic E-state index is 14.1. The summed E-state index contributed by atoms with van der Waals surface area (Å²) in [6.45, 7) is 2.94. The smallest absolute Gasteiger partial charge is 0.162 e. The summed E-state index contributed by atoms with van der Waals surface area (Å²) in [7, 11) is 0. The fourth-order valence-corrected chi connectivity index (χ4v) is 3.27. The van der Waals surface area contributed by atoms with Crippen LogP contribution in [0.1, 0.15) is 18.5 Å². The fourth-order valence-electron chi connectivity index (χ4n) is 2.20. The first kappa shape index (κ1) is 14.2. The molecule has 3 rings (SSSR count). The lowest BCUT2D eigenvalue weighted by Crippen LogP contribution is -2.15. The summed E-state index contributed by atoms with van der Waals surface area (Å²) in [6, 6.07) is 10.4. The van der Waals surface area contributed by atoms with E-state index in [0.29, 0.717) is 23.9 Å². The third-order valence-corrected chi connectivity index (χ3v) is 4.35. The fraction of sp³-hybridized carbons (Fsp3) is 0.250. The van der Waals surface area contributed by atoms with Gasteiger partial charge in [0.1, 0.15) is 19.0 Å². The van der Waals surface area contributed by atoms with Crippen LogP contribution >= 0.6 is 11.8 Å². The summed E-state index contributed by atoms with van der Waals surface area (Å²) in [5.74, 6) is 1.17. The molecular weight excluding hydrogens is 289 g/mol. The number of ether oxygens (including phenoxy) is 2. The molecule has 0 spiro atoms. The van der Waals surface area contributed by atoms with Crippen molar-refractivity contribution >= 4 is 11.8 Å². The Morgan fingerprint density at radius 2 is 1.90 bits per heavy atom. The van der Waals surface area contributed by atoms with Gasteiger partial charge in [0.2, 0.25) is 0 Å². The van der Waals surface area contributed by atoms with E-state index in [9.17, 15) is 4.39 Å². The number of halogens is 1. The van der Waals surface area contributed by atoms with E-state index in [4.69, 9.17) is 15.2 Å². The second kappa shape index (κ2) is 5.95. The summed E-state index contributed by atoms with van der Waals surface area (Å²) in [4.78, 5) is 1.45. The van der Waals surface area contributed by atoms with Crippen LogP contribution in [0, 0.1) is 5.82 Å². The Morgan fingerprint density at radius 1 is 1.14 bits per heavy atom. The highest BCUT2D eigenvalue weighted by molar-refractivity contribution is 7.99.